The maximum atomic E-state index is 12.2. The first-order valence-corrected chi connectivity index (χ1v) is 14.1. The van der Waals surface area contributed by atoms with Gasteiger partial charge in [0.1, 0.15) is 0 Å². The Kier molecular flexibility index (Phi) is 9.42. The number of alkyl halides is 3. The average Bonchev–Trinajstić information content (AvgIpc) is 2.97. The molecule has 0 saturated carbocycles. The van der Waals surface area contributed by atoms with E-state index in [1.165, 1.54) is 0 Å². The van der Waals surface area contributed by atoms with Crippen LogP contribution in [0.25, 0.3) is 0 Å². The fraction of sp³-hybridized carbons (Fsp3) is 0.393. The van der Waals surface area contributed by atoms with Gasteiger partial charge in [-0.05, 0) is 29.3 Å². The summed E-state index contributed by atoms with van der Waals surface area (Å²) in [4.78, 5) is 25.5. The van der Waals surface area contributed by atoms with Crippen LogP contribution in [0, 0.1) is 0 Å². The van der Waals surface area contributed by atoms with Crippen molar-refractivity contribution in [3.05, 3.63) is 83.7 Å². The first kappa shape index (κ1) is 29.0. The van der Waals surface area contributed by atoms with E-state index in [4.69, 9.17) is 44.3 Å². The molecule has 2 fully saturated rings. The van der Waals surface area contributed by atoms with E-state index in [2.05, 4.69) is 25.1 Å². The number of benzene rings is 2. The van der Waals surface area contributed by atoms with Crippen LogP contribution in [0.15, 0.2) is 67.0 Å². The Morgan fingerprint density at radius 1 is 0.975 bits per heavy atom. The summed E-state index contributed by atoms with van der Waals surface area (Å²) in [6.45, 7) is 4.09. The highest BCUT2D eigenvalue weighted by Crippen LogP contribution is 2.39. The number of ether oxygens (including phenoxy) is 2. The van der Waals surface area contributed by atoms with Gasteiger partial charge < -0.3 is 24.8 Å². The number of aromatic nitrogens is 2. The van der Waals surface area contributed by atoms with Gasteiger partial charge in [-0.2, -0.15) is 0 Å². The zero-order valence-corrected chi connectivity index (χ0v) is 23.9. The van der Waals surface area contributed by atoms with Crippen molar-refractivity contribution in [3.8, 4) is 0 Å². The van der Waals surface area contributed by atoms with Gasteiger partial charge in [-0.25, -0.2) is 9.97 Å². The summed E-state index contributed by atoms with van der Waals surface area (Å²) in [5.74, 6) is -0.00228. The number of piperazine rings is 1. The van der Waals surface area contributed by atoms with Gasteiger partial charge >= 0.3 is 0 Å². The molecule has 0 radical (unpaired) electrons. The maximum absolute atomic E-state index is 12.2. The summed E-state index contributed by atoms with van der Waals surface area (Å²) in [6, 6.07) is 16.7. The van der Waals surface area contributed by atoms with Crippen LogP contribution < -0.4 is 10.2 Å². The zero-order chi connectivity index (χ0) is 28.1. The van der Waals surface area contributed by atoms with Crippen LogP contribution in [0.3, 0.4) is 0 Å². The molecule has 0 spiro atoms. The second-order valence-corrected chi connectivity index (χ2v) is 12.0. The number of carbonyl (C=O) groups is 1. The summed E-state index contributed by atoms with van der Waals surface area (Å²) >= 11 is 17.2. The molecule has 2 N–H and O–H groups in total. The van der Waals surface area contributed by atoms with Gasteiger partial charge in [0.2, 0.25) is 5.95 Å². The van der Waals surface area contributed by atoms with Crippen LogP contribution in [-0.4, -0.2) is 68.5 Å². The van der Waals surface area contributed by atoms with Crippen molar-refractivity contribution < 1.29 is 19.4 Å². The number of hydrogen-bond acceptors (Lipinski definition) is 8. The van der Waals surface area contributed by atoms with E-state index in [0.29, 0.717) is 12.1 Å². The number of amides is 1. The van der Waals surface area contributed by atoms with Crippen LogP contribution in [0.1, 0.15) is 35.5 Å². The molecule has 3 heterocycles. The number of hydrogen-bond donors (Lipinski definition) is 2. The highest BCUT2D eigenvalue weighted by atomic mass is 35.6. The lowest BCUT2D eigenvalue weighted by Crippen LogP contribution is -2.50. The molecule has 3 aromatic rings. The average molecular weight is 607 g/mol. The number of nitrogens with one attached hydrogen (secondary N) is 1. The minimum atomic E-state index is -2.08. The van der Waals surface area contributed by atoms with Crippen LogP contribution in [-0.2, 0) is 20.9 Å². The first-order valence-electron chi connectivity index (χ1n) is 13.0. The molecule has 0 bridgehead atoms. The summed E-state index contributed by atoms with van der Waals surface area (Å²) in [6.07, 6.45) is 3.17. The molecule has 40 heavy (non-hydrogen) atoms. The number of halogens is 3. The number of nitrogens with zero attached hydrogens (tertiary/aromatic N) is 4. The quantitative estimate of drug-likeness (QED) is 0.375. The molecule has 2 aromatic carbocycles. The number of anilines is 2. The molecule has 9 nitrogen and oxygen atoms in total. The number of rotatable bonds is 7. The lowest BCUT2D eigenvalue weighted by atomic mass is 9.99. The topological polar surface area (TPSA) is 100 Å². The minimum Gasteiger partial charge on any atom is -0.392 e. The third-order valence-electron chi connectivity index (χ3n) is 6.96. The first-order chi connectivity index (χ1) is 19.3. The standard InChI is InChI=1S/C28H30Cl3N5O4/c29-28(30,31)26(38)34-22-4-1-3-21(15-22)25-39-23(16-24(40-25)20-7-5-19(18-37)6-8-20)17-35-11-13-36(14-12-35)27-32-9-2-10-33-27/h1-10,15,23-25,37H,11-14,16-18H2,(H,34,38)/t23-,24+,25+/m0/s1. The van der Waals surface area contributed by atoms with Crippen molar-refractivity contribution in [1.29, 1.82) is 0 Å². The fourth-order valence-corrected chi connectivity index (χ4v) is 5.01. The van der Waals surface area contributed by atoms with Crippen LogP contribution in [0.4, 0.5) is 11.6 Å². The van der Waals surface area contributed by atoms with Gasteiger partial charge in [0, 0.05) is 62.8 Å². The molecule has 1 aromatic heterocycles. The number of carbonyl (C=O) groups excluding carboxylic acids is 1. The molecule has 1 amide bonds. The third kappa shape index (κ3) is 7.41. The van der Waals surface area contributed by atoms with Gasteiger partial charge in [-0.1, -0.05) is 71.2 Å². The Morgan fingerprint density at radius 2 is 1.70 bits per heavy atom. The van der Waals surface area contributed by atoms with E-state index in [0.717, 1.165) is 55.4 Å². The normalized spacial score (nSPS) is 22.2. The molecule has 3 atom stereocenters. The number of aliphatic hydroxyl groups is 1. The van der Waals surface area contributed by atoms with Crippen LogP contribution in [0.5, 0.6) is 0 Å². The van der Waals surface area contributed by atoms with E-state index in [-0.39, 0.29) is 18.8 Å². The summed E-state index contributed by atoms with van der Waals surface area (Å²) < 4.78 is 10.8. The molecule has 0 unspecified atom stereocenters. The minimum absolute atomic E-state index is 0.0210. The predicted octanol–water partition coefficient (Wildman–Crippen LogP) is 4.65. The fourth-order valence-electron chi connectivity index (χ4n) is 4.87. The van der Waals surface area contributed by atoms with Gasteiger partial charge in [0.05, 0.1) is 18.8 Å². The molecular weight excluding hydrogens is 577 g/mol. The molecule has 5 rings (SSSR count). The smallest absolute Gasteiger partial charge is 0.276 e. The van der Waals surface area contributed by atoms with Gasteiger partial charge in [0.15, 0.2) is 6.29 Å². The highest BCUT2D eigenvalue weighted by molar-refractivity contribution is 6.76. The second kappa shape index (κ2) is 13.0. The van der Waals surface area contributed by atoms with Crippen molar-refractivity contribution in [2.45, 2.75) is 35.3 Å². The Labute approximate surface area is 248 Å². The van der Waals surface area contributed by atoms with Crippen molar-refractivity contribution in [3.63, 3.8) is 0 Å². The Hall–Kier alpha value is -2.50. The molecular formula is C28H30Cl3N5O4. The number of aliphatic hydroxyl groups excluding tert-OH is 1. The summed E-state index contributed by atoms with van der Waals surface area (Å²) in [7, 11) is 0. The largest absolute Gasteiger partial charge is 0.392 e. The molecule has 2 saturated heterocycles. The highest BCUT2D eigenvalue weighted by Gasteiger charge is 2.35. The van der Waals surface area contributed by atoms with E-state index >= 15 is 0 Å². The van der Waals surface area contributed by atoms with Crippen LogP contribution in [0.2, 0.25) is 0 Å². The van der Waals surface area contributed by atoms with Crippen molar-refractivity contribution in [2.75, 3.05) is 42.9 Å². The summed E-state index contributed by atoms with van der Waals surface area (Å²) in [5, 5.41) is 12.1. The Bertz CT molecular complexity index is 1270. The second-order valence-electron chi connectivity index (χ2n) is 9.76. The Morgan fingerprint density at radius 3 is 2.38 bits per heavy atom. The van der Waals surface area contributed by atoms with Crippen molar-refractivity contribution in [1.82, 2.24) is 14.9 Å². The lowest BCUT2D eigenvalue weighted by Gasteiger charge is -2.40. The van der Waals surface area contributed by atoms with Crippen molar-refractivity contribution >= 4 is 52.3 Å². The zero-order valence-electron chi connectivity index (χ0n) is 21.6. The molecule has 212 valence electrons. The predicted molar refractivity (Wildman–Crippen MR) is 154 cm³/mol. The Balaban J connectivity index is 1.30. The molecule has 2 aliphatic rings. The van der Waals surface area contributed by atoms with Crippen molar-refractivity contribution in [2.24, 2.45) is 0 Å². The summed E-state index contributed by atoms with van der Waals surface area (Å²) in [5.41, 5.74) is 3.03. The van der Waals surface area contributed by atoms with E-state index in [1.54, 1.807) is 30.6 Å². The van der Waals surface area contributed by atoms with Crippen LogP contribution >= 0.6 is 34.8 Å². The van der Waals surface area contributed by atoms with E-state index in [1.807, 2.05) is 36.4 Å². The SMILES string of the molecule is O=C(Nc1cccc([C@@H]2O[C@H](CN3CCN(c4ncccn4)CC3)C[C@H](c3ccc(CO)cc3)O2)c1)C(Cl)(Cl)Cl. The molecule has 0 aliphatic carbocycles. The third-order valence-corrected chi connectivity index (χ3v) is 7.47. The van der Waals surface area contributed by atoms with E-state index in [9.17, 15) is 9.90 Å². The lowest BCUT2D eigenvalue weighted by molar-refractivity contribution is -0.253. The van der Waals surface area contributed by atoms with Gasteiger partial charge in [-0.3, -0.25) is 9.69 Å². The molecule has 12 heteroatoms. The van der Waals surface area contributed by atoms with Gasteiger partial charge in [0.25, 0.3) is 9.70 Å². The van der Waals surface area contributed by atoms with Gasteiger partial charge in [-0.15, -0.1) is 0 Å². The monoisotopic (exact) mass is 605 g/mol. The van der Waals surface area contributed by atoms with E-state index < -0.39 is 16.0 Å². The maximum Gasteiger partial charge on any atom is 0.276 e. The molecule has 2 aliphatic heterocycles.